The van der Waals surface area contributed by atoms with Crippen LogP contribution in [0.4, 0.5) is 4.79 Å². The maximum atomic E-state index is 11.8. The van der Waals surface area contributed by atoms with Gasteiger partial charge in [0, 0.05) is 12.2 Å². The molecule has 1 N–H and O–H groups in total. The topological polar surface area (TPSA) is 83.9 Å². The lowest BCUT2D eigenvalue weighted by Crippen LogP contribution is -2.39. The van der Waals surface area contributed by atoms with E-state index in [1.165, 1.54) is 0 Å². The van der Waals surface area contributed by atoms with Gasteiger partial charge in [-0.05, 0) is 12.0 Å². The summed E-state index contributed by atoms with van der Waals surface area (Å²) in [6.07, 6.45) is 1.28. The summed E-state index contributed by atoms with van der Waals surface area (Å²) in [6, 6.07) is 8.96. The Hall–Kier alpha value is -2.63. The molecule has 0 unspecified atom stereocenters. The number of nitrogens with zero attached hydrogens (tertiary/aromatic N) is 1. The van der Waals surface area contributed by atoms with E-state index in [1.54, 1.807) is 0 Å². The molecule has 1 fully saturated rings. The SMILES string of the molecule is O=C(O)C=CC(=O)N1C(=O)OC[C@H]1Cc1ccccc1. The number of aliphatic carboxylic acids is 1. The number of cyclic esters (lactones) is 1. The molecular weight excluding hydrogens is 262 g/mol. The Morgan fingerprint density at radius 3 is 2.65 bits per heavy atom. The number of amides is 2. The number of benzene rings is 1. The molecule has 2 rings (SSSR count). The number of rotatable bonds is 4. The maximum Gasteiger partial charge on any atom is 0.417 e. The molecule has 0 aliphatic carbocycles. The van der Waals surface area contributed by atoms with Crippen molar-refractivity contribution in [2.45, 2.75) is 12.5 Å². The highest BCUT2D eigenvalue weighted by atomic mass is 16.6. The first-order valence-corrected chi connectivity index (χ1v) is 6.03. The number of hydrogen-bond donors (Lipinski definition) is 1. The molecule has 20 heavy (non-hydrogen) atoms. The molecule has 1 atom stereocenters. The molecule has 1 aliphatic rings. The number of carboxylic acid groups (broad SMARTS) is 1. The second-order valence-corrected chi connectivity index (χ2v) is 4.30. The number of carbonyl (C=O) groups is 3. The third-order valence-electron chi connectivity index (χ3n) is 2.88. The van der Waals surface area contributed by atoms with E-state index in [0.717, 1.165) is 16.5 Å². The smallest absolute Gasteiger partial charge is 0.417 e. The third-order valence-corrected chi connectivity index (χ3v) is 2.88. The number of imide groups is 1. The van der Waals surface area contributed by atoms with E-state index in [-0.39, 0.29) is 6.61 Å². The van der Waals surface area contributed by atoms with Crippen LogP contribution in [0.25, 0.3) is 0 Å². The average Bonchev–Trinajstić information content (AvgIpc) is 2.78. The molecule has 1 aromatic rings. The van der Waals surface area contributed by atoms with E-state index >= 15 is 0 Å². The standard InChI is InChI=1S/C14H13NO5/c16-12(6-7-13(17)18)15-11(9-20-14(15)19)8-10-4-2-1-3-5-10/h1-7,11H,8-9H2,(H,17,18)/t11-/m1/s1. The van der Waals surface area contributed by atoms with Gasteiger partial charge in [-0.2, -0.15) is 0 Å². The number of hydrogen-bond acceptors (Lipinski definition) is 4. The monoisotopic (exact) mass is 275 g/mol. The van der Waals surface area contributed by atoms with Crippen LogP contribution in [0.5, 0.6) is 0 Å². The minimum absolute atomic E-state index is 0.111. The highest BCUT2D eigenvalue weighted by molar-refractivity contribution is 6.02. The Morgan fingerprint density at radius 2 is 2.00 bits per heavy atom. The number of carbonyl (C=O) groups excluding carboxylic acids is 2. The fourth-order valence-electron chi connectivity index (χ4n) is 1.99. The van der Waals surface area contributed by atoms with Crippen LogP contribution >= 0.6 is 0 Å². The second-order valence-electron chi connectivity index (χ2n) is 4.30. The molecule has 1 saturated heterocycles. The summed E-state index contributed by atoms with van der Waals surface area (Å²) in [7, 11) is 0. The quantitative estimate of drug-likeness (QED) is 0.835. The van der Waals surface area contributed by atoms with Gasteiger partial charge in [-0.3, -0.25) is 4.79 Å². The first-order valence-electron chi connectivity index (χ1n) is 6.03. The highest BCUT2D eigenvalue weighted by Crippen LogP contribution is 2.17. The fourth-order valence-corrected chi connectivity index (χ4v) is 1.99. The number of carboxylic acids is 1. The van der Waals surface area contributed by atoms with Crippen molar-refractivity contribution in [3.05, 3.63) is 48.0 Å². The van der Waals surface area contributed by atoms with E-state index in [2.05, 4.69) is 0 Å². The van der Waals surface area contributed by atoms with Crippen molar-refractivity contribution in [3.63, 3.8) is 0 Å². The summed E-state index contributed by atoms with van der Waals surface area (Å²) < 4.78 is 4.86. The van der Waals surface area contributed by atoms with E-state index in [1.807, 2.05) is 30.3 Å². The molecule has 0 saturated carbocycles. The van der Waals surface area contributed by atoms with Crippen LogP contribution in [0.3, 0.4) is 0 Å². The molecule has 2 amide bonds. The van der Waals surface area contributed by atoms with Crippen molar-refractivity contribution in [2.75, 3.05) is 6.61 Å². The fraction of sp³-hybridized carbons (Fsp3) is 0.214. The van der Waals surface area contributed by atoms with Crippen LogP contribution in [0.2, 0.25) is 0 Å². The predicted octanol–water partition coefficient (Wildman–Crippen LogP) is 1.22. The average molecular weight is 275 g/mol. The molecule has 1 aliphatic heterocycles. The molecule has 1 aromatic carbocycles. The lowest BCUT2D eigenvalue weighted by Gasteiger charge is -2.17. The van der Waals surface area contributed by atoms with Gasteiger partial charge in [0.2, 0.25) is 0 Å². The van der Waals surface area contributed by atoms with Crippen LogP contribution in [0.1, 0.15) is 5.56 Å². The van der Waals surface area contributed by atoms with Gasteiger partial charge in [0.15, 0.2) is 0 Å². The Morgan fingerprint density at radius 1 is 1.30 bits per heavy atom. The summed E-state index contributed by atoms with van der Waals surface area (Å²) in [4.78, 5) is 34.7. The van der Waals surface area contributed by atoms with Crippen molar-refractivity contribution in [2.24, 2.45) is 0 Å². The third kappa shape index (κ3) is 3.23. The normalized spacial score (nSPS) is 18.3. The largest absolute Gasteiger partial charge is 0.478 e. The minimum atomic E-state index is -1.24. The summed E-state index contributed by atoms with van der Waals surface area (Å²) >= 11 is 0. The molecule has 0 radical (unpaired) electrons. The molecule has 1 heterocycles. The van der Waals surface area contributed by atoms with E-state index in [9.17, 15) is 14.4 Å². The predicted molar refractivity (Wildman–Crippen MR) is 68.9 cm³/mol. The zero-order valence-electron chi connectivity index (χ0n) is 10.6. The number of ether oxygens (including phenoxy) is 1. The van der Waals surface area contributed by atoms with Gasteiger partial charge in [-0.1, -0.05) is 30.3 Å². The summed E-state index contributed by atoms with van der Waals surface area (Å²) in [5.74, 6) is -1.93. The van der Waals surface area contributed by atoms with Crippen molar-refractivity contribution >= 4 is 18.0 Å². The van der Waals surface area contributed by atoms with Crippen LogP contribution < -0.4 is 0 Å². The van der Waals surface area contributed by atoms with Crippen molar-refractivity contribution in [1.82, 2.24) is 4.90 Å². The lowest BCUT2D eigenvalue weighted by molar-refractivity contribution is -0.132. The molecule has 0 aromatic heterocycles. The van der Waals surface area contributed by atoms with Crippen LogP contribution in [0, 0.1) is 0 Å². The Bertz CT molecular complexity index is 552. The molecular formula is C14H13NO5. The highest BCUT2D eigenvalue weighted by Gasteiger charge is 2.36. The Kier molecular flexibility index (Phi) is 4.14. The first-order chi connectivity index (χ1) is 9.58. The van der Waals surface area contributed by atoms with Crippen molar-refractivity contribution in [3.8, 4) is 0 Å². The lowest BCUT2D eigenvalue weighted by atomic mass is 10.1. The molecule has 6 heteroatoms. The van der Waals surface area contributed by atoms with Gasteiger partial charge in [0.05, 0.1) is 6.04 Å². The van der Waals surface area contributed by atoms with Crippen LogP contribution in [-0.2, 0) is 20.7 Å². The Balaban J connectivity index is 2.10. The Labute approximate surface area is 115 Å². The molecule has 0 bridgehead atoms. The second kappa shape index (κ2) is 6.01. The van der Waals surface area contributed by atoms with E-state index < -0.39 is 24.0 Å². The molecule has 0 spiro atoms. The van der Waals surface area contributed by atoms with E-state index in [0.29, 0.717) is 12.5 Å². The van der Waals surface area contributed by atoms with Crippen molar-refractivity contribution < 1.29 is 24.2 Å². The zero-order valence-corrected chi connectivity index (χ0v) is 10.6. The van der Waals surface area contributed by atoms with E-state index in [4.69, 9.17) is 9.84 Å². The van der Waals surface area contributed by atoms with Crippen LogP contribution in [-0.4, -0.2) is 40.6 Å². The summed E-state index contributed by atoms with van der Waals surface area (Å²) in [6.45, 7) is 0.111. The van der Waals surface area contributed by atoms with Gasteiger partial charge in [-0.15, -0.1) is 0 Å². The van der Waals surface area contributed by atoms with Gasteiger partial charge in [0.1, 0.15) is 6.61 Å². The van der Waals surface area contributed by atoms with Gasteiger partial charge >= 0.3 is 12.1 Å². The molecule has 104 valence electrons. The zero-order chi connectivity index (χ0) is 14.5. The first kappa shape index (κ1) is 13.8. The molecule has 6 nitrogen and oxygen atoms in total. The van der Waals surface area contributed by atoms with Gasteiger partial charge in [0.25, 0.3) is 5.91 Å². The summed E-state index contributed by atoms with van der Waals surface area (Å²) in [5.41, 5.74) is 0.968. The van der Waals surface area contributed by atoms with Gasteiger partial charge in [-0.25, -0.2) is 14.5 Å². The minimum Gasteiger partial charge on any atom is -0.478 e. The van der Waals surface area contributed by atoms with Gasteiger partial charge < -0.3 is 9.84 Å². The summed E-state index contributed by atoms with van der Waals surface area (Å²) in [5, 5.41) is 8.50. The maximum absolute atomic E-state index is 11.8. The van der Waals surface area contributed by atoms with Crippen LogP contribution in [0.15, 0.2) is 42.5 Å². The van der Waals surface area contributed by atoms with Crippen molar-refractivity contribution in [1.29, 1.82) is 0 Å².